The van der Waals surface area contributed by atoms with Crippen LogP contribution < -0.4 is 5.73 Å². The van der Waals surface area contributed by atoms with Gasteiger partial charge in [0.25, 0.3) is 0 Å². The maximum Gasteiger partial charge on any atom is 0.159 e. The molecular formula is C9H13NO. The van der Waals surface area contributed by atoms with Gasteiger partial charge in [-0.3, -0.25) is 4.79 Å². The Morgan fingerprint density at radius 3 is 2.82 bits per heavy atom. The van der Waals surface area contributed by atoms with Crippen LogP contribution >= 0.6 is 0 Å². The third-order valence-electron chi connectivity index (χ3n) is 1.61. The lowest BCUT2D eigenvalue weighted by atomic mass is 10.0. The van der Waals surface area contributed by atoms with Crippen molar-refractivity contribution >= 4 is 5.78 Å². The minimum atomic E-state index is 0.179. The van der Waals surface area contributed by atoms with E-state index in [2.05, 4.69) is 0 Å². The average molecular weight is 151 g/mol. The first-order valence-corrected chi connectivity index (χ1v) is 3.84. The number of hydrogen-bond acceptors (Lipinski definition) is 2. The molecule has 0 fully saturated rings. The van der Waals surface area contributed by atoms with Crippen LogP contribution in [0.25, 0.3) is 0 Å². The molecule has 1 rings (SSSR count). The SMILES string of the molecule is CC(N)CC1=CCC(=O)C=C1. The summed E-state index contributed by atoms with van der Waals surface area (Å²) < 4.78 is 0. The van der Waals surface area contributed by atoms with Gasteiger partial charge >= 0.3 is 0 Å². The highest BCUT2D eigenvalue weighted by Crippen LogP contribution is 2.11. The first-order chi connectivity index (χ1) is 5.18. The minimum absolute atomic E-state index is 0.179. The Morgan fingerprint density at radius 1 is 1.64 bits per heavy atom. The molecule has 2 heteroatoms. The van der Waals surface area contributed by atoms with Crippen molar-refractivity contribution in [3.63, 3.8) is 0 Å². The van der Waals surface area contributed by atoms with E-state index in [1.807, 2.05) is 19.1 Å². The standard InChI is InChI=1S/C9H13NO/c1-7(10)6-8-2-4-9(11)5-3-8/h2-4,7H,5-6,10H2,1H3. The first kappa shape index (κ1) is 8.21. The van der Waals surface area contributed by atoms with Crippen LogP contribution in [-0.2, 0) is 4.79 Å². The number of carbonyl (C=O) groups excluding carboxylic acids is 1. The van der Waals surface area contributed by atoms with Crippen LogP contribution in [0.3, 0.4) is 0 Å². The summed E-state index contributed by atoms with van der Waals surface area (Å²) >= 11 is 0. The topological polar surface area (TPSA) is 43.1 Å². The summed E-state index contributed by atoms with van der Waals surface area (Å²) in [5, 5.41) is 0. The fourth-order valence-corrected chi connectivity index (χ4v) is 1.09. The second-order valence-corrected chi connectivity index (χ2v) is 2.96. The Labute approximate surface area is 66.8 Å². The molecule has 0 heterocycles. The summed E-state index contributed by atoms with van der Waals surface area (Å²) in [4.78, 5) is 10.7. The van der Waals surface area contributed by atoms with Gasteiger partial charge in [0, 0.05) is 12.5 Å². The van der Waals surface area contributed by atoms with Crippen LogP contribution in [0.1, 0.15) is 19.8 Å². The molecule has 1 atom stereocenters. The van der Waals surface area contributed by atoms with E-state index in [1.165, 1.54) is 5.57 Å². The lowest BCUT2D eigenvalue weighted by Gasteiger charge is -2.08. The summed E-state index contributed by atoms with van der Waals surface area (Å²) in [5.41, 5.74) is 6.78. The Kier molecular flexibility index (Phi) is 2.60. The molecule has 0 saturated heterocycles. The van der Waals surface area contributed by atoms with E-state index < -0.39 is 0 Å². The van der Waals surface area contributed by atoms with Gasteiger partial charge in [-0.1, -0.05) is 12.2 Å². The van der Waals surface area contributed by atoms with Gasteiger partial charge in [-0.25, -0.2) is 0 Å². The summed E-state index contributed by atoms with van der Waals surface area (Å²) in [6.07, 6.45) is 6.83. The van der Waals surface area contributed by atoms with Gasteiger partial charge in [0.15, 0.2) is 5.78 Å². The van der Waals surface area contributed by atoms with Crippen molar-refractivity contribution in [1.29, 1.82) is 0 Å². The largest absolute Gasteiger partial charge is 0.328 e. The van der Waals surface area contributed by atoms with Crippen LogP contribution in [0, 0.1) is 0 Å². The second-order valence-electron chi connectivity index (χ2n) is 2.96. The van der Waals surface area contributed by atoms with E-state index >= 15 is 0 Å². The molecule has 0 aromatic carbocycles. The predicted octanol–water partition coefficient (Wildman–Crippen LogP) is 1.18. The Bertz CT molecular complexity index is 214. The molecular weight excluding hydrogens is 138 g/mol. The van der Waals surface area contributed by atoms with Crippen molar-refractivity contribution in [3.8, 4) is 0 Å². The van der Waals surface area contributed by atoms with E-state index in [0.29, 0.717) is 6.42 Å². The van der Waals surface area contributed by atoms with Crippen LogP contribution in [0.15, 0.2) is 23.8 Å². The average Bonchev–Trinajstić information content (AvgIpc) is 1.93. The van der Waals surface area contributed by atoms with Crippen molar-refractivity contribution in [1.82, 2.24) is 0 Å². The Balaban J connectivity index is 2.50. The number of hydrogen-bond donors (Lipinski definition) is 1. The predicted molar refractivity (Wildman–Crippen MR) is 45.1 cm³/mol. The summed E-state index contributed by atoms with van der Waals surface area (Å²) in [6, 6.07) is 0.180. The van der Waals surface area contributed by atoms with Crippen molar-refractivity contribution in [2.75, 3.05) is 0 Å². The van der Waals surface area contributed by atoms with Gasteiger partial charge in [0.05, 0.1) is 0 Å². The first-order valence-electron chi connectivity index (χ1n) is 3.84. The molecule has 2 N–H and O–H groups in total. The summed E-state index contributed by atoms with van der Waals surface area (Å²) in [5.74, 6) is 0.179. The molecule has 0 amide bonds. The van der Waals surface area contributed by atoms with Gasteiger partial charge in [0.1, 0.15) is 0 Å². The van der Waals surface area contributed by atoms with Crippen LogP contribution in [0.5, 0.6) is 0 Å². The fourth-order valence-electron chi connectivity index (χ4n) is 1.09. The van der Waals surface area contributed by atoms with Gasteiger partial charge in [0.2, 0.25) is 0 Å². The maximum atomic E-state index is 10.7. The quantitative estimate of drug-likeness (QED) is 0.644. The van der Waals surface area contributed by atoms with E-state index in [9.17, 15) is 4.79 Å². The van der Waals surface area contributed by atoms with Gasteiger partial charge in [-0.05, 0) is 25.0 Å². The monoisotopic (exact) mass is 151 g/mol. The minimum Gasteiger partial charge on any atom is -0.328 e. The van der Waals surface area contributed by atoms with E-state index in [-0.39, 0.29) is 11.8 Å². The molecule has 0 bridgehead atoms. The Hall–Kier alpha value is -0.890. The van der Waals surface area contributed by atoms with Crippen molar-refractivity contribution in [2.24, 2.45) is 5.73 Å². The zero-order valence-corrected chi connectivity index (χ0v) is 6.71. The van der Waals surface area contributed by atoms with Crippen LogP contribution in [0.2, 0.25) is 0 Å². The van der Waals surface area contributed by atoms with Crippen molar-refractivity contribution < 1.29 is 4.79 Å². The number of allylic oxidation sites excluding steroid dienone is 3. The maximum absolute atomic E-state index is 10.7. The van der Waals surface area contributed by atoms with E-state index in [0.717, 1.165) is 6.42 Å². The zero-order valence-electron chi connectivity index (χ0n) is 6.71. The highest BCUT2D eigenvalue weighted by Gasteiger charge is 2.04. The second kappa shape index (κ2) is 3.49. The number of ketones is 1. The molecule has 1 unspecified atom stereocenters. The van der Waals surface area contributed by atoms with E-state index in [1.54, 1.807) is 6.08 Å². The van der Waals surface area contributed by atoms with Crippen LogP contribution in [-0.4, -0.2) is 11.8 Å². The molecule has 0 spiro atoms. The number of rotatable bonds is 2. The summed E-state index contributed by atoms with van der Waals surface area (Å²) in [7, 11) is 0. The third kappa shape index (κ3) is 2.68. The molecule has 0 aliphatic heterocycles. The highest BCUT2D eigenvalue weighted by molar-refractivity contribution is 5.92. The van der Waals surface area contributed by atoms with Crippen molar-refractivity contribution in [3.05, 3.63) is 23.8 Å². The molecule has 11 heavy (non-hydrogen) atoms. The van der Waals surface area contributed by atoms with Crippen molar-refractivity contribution in [2.45, 2.75) is 25.8 Å². The number of nitrogens with two attached hydrogens (primary N) is 1. The third-order valence-corrected chi connectivity index (χ3v) is 1.61. The molecule has 1 aliphatic rings. The normalized spacial score (nSPS) is 19.8. The molecule has 1 aliphatic carbocycles. The lowest BCUT2D eigenvalue weighted by molar-refractivity contribution is -0.113. The molecule has 0 aromatic heterocycles. The van der Waals surface area contributed by atoms with Gasteiger partial charge < -0.3 is 5.73 Å². The summed E-state index contributed by atoms with van der Waals surface area (Å²) in [6.45, 7) is 1.96. The van der Waals surface area contributed by atoms with Gasteiger partial charge in [-0.2, -0.15) is 0 Å². The van der Waals surface area contributed by atoms with Crippen LogP contribution in [0.4, 0.5) is 0 Å². The molecule has 2 nitrogen and oxygen atoms in total. The Morgan fingerprint density at radius 2 is 2.36 bits per heavy atom. The van der Waals surface area contributed by atoms with E-state index in [4.69, 9.17) is 5.73 Å². The highest BCUT2D eigenvalue weighted by atomic mass is 16.1. The molecule has 60 valence electrons. The van der Waals surface area contributed by atoms with Gasteiger partial charge in [-0.15, -0.1) is 0 Å². The number of carbonyl (C=O) groups is 1. The molecule has 0 saturated carbocycles. The zero-order chi connectivity index (χ0) is 8.27. The fraction of sp³-hybridized carbons (Fsp3) is 0.444. The lowest BCUT2D eigenvalue weighted by Crippen LogP contribution is -2.15. The molecule has 0 radical (unpaired) electrons. The molecule has 0 aromatic rings. The smallest absolute Gasteiger partial charge is 0.159 e.